The Morgan fingerprint density at radius 3 is 2.68 bits per heavy atom. The van der Waals surface area contributed by atoms with Crippen LogP contribution in [0, 0.1) is 5.82 Å². The first-order chi connectivity index (χ1) is 12.0. The zero-order chi connectivity index (χ0) is 17.8. The van der Waals surface area contributed by atoms with Crippen LogP contribution in [0.2, 0.25) is 0 Å². The highest BCUT2D eigenvalue weighted by Crippen LogP contribution is 2.32. The van der Waals surface area contributed by atoms with Gasteiger partial charge in [0.2, 0.25) is 18.6 Å². The normalized spacial score (nSPS) is 12.2. The maximum atomic E-state index is 13.6. The van der Waals surface area contributed by atoms with Crippen molar-refractivity contribution in [2.75, 3.05) is 17.4 Å². The third-order valence-corrected chi connectivity index (χ3v) is 3.37. The number of hydrogen-bond donors (Lipinski definition) is 2. The molecular weight excluding hydrogens is 327 g/mol. The first-order valence-corrected chi connectivity index (χ1v) is 7.47. The quantitative estimate of drug-likeness (QED) is 0.837. The Labute approximate surface area is 143 Å². The largest absolute Gasteiger partial charge is 0.454 e. The van der Waals surface area contributed by atoms with Gasteiger partial charge < -0.3 is 20.1 Å². The van der Waals surface area contributed by atoms with E-state index in [1.54, 1.807) is 24.3 Å². The number of carbonyl (C=O) groups excluding carboxylic acids is 2. The predicted octanol–water partition coefficient (Wildman–Crippen LogP) is 3.16. The minimum Gasteiger partial charge on any atom is -0.454 e. The van der Waals surface area contributed by atoms with Gasteiger partial charge in [-0.05, 0) is 42.0 Å². The molecular formula is C18H15FN2O4. The molecule has 128 valence electrons. The van der Waals surface area contributed by atoms with Crippen LogP contribution in [0.15, 0.2) is 42.5 Å². The molecule has 0 bridgehead atoms. The van der Waals surface area contributed by atoms with Crippen molar-refractivity contribution >= 4 is 29.3 Å². The van der Waals surface area contributed by atoms with Gasteiger partial charge in [0.1, 0.15) is 5.82 Å². The molecule has 0 aliphatic carbocycles. The number of nitrogens with one attached hydrogen (secondary N) is 2. The highest BCUT2D eigenvalue weighted by atomic mass is 19.1. The van der Waals surface area contributed by atoms with Crippen LogP contribution in [0.1, 0.15) is 12.5 Å². The van der Waals surface area contributed by atoms with Crippen LogP contribution >= 0.6 is 0 Å². The Kier molecular flexibility index (Phi) is 4.65. The minimum absolute atomic E-state index is 0.00468. The second-order valence-electron chi connectivity index (χ2n) is 5.31. The Morgan fingerprint density at radius 1 is 1.08 bits per heavy atom. The molecule has 2 aromatic carbocycles. The summed E-state index contributed by atoms with van der Waals surface area (Å²) in [5.41, 5.74) is 1.15. The van der Waals surface area contributed by atoms with Gasteiger partial charge in [-0.25, -0.2) is 4.39 Å². The monoisotopic (exact) mass is 342 g/mol. The van der Waals surface area contributed by atoms with Crippen molar-refractivity contribution in [2.24, 2.45) is 0 Å². The molecule has 6 nitrogen and oxygen atoms in total. The predicted molar refractivity (Wildman–Crippen MR) is 90.9 cm³/mol. The van der Waals surface area contributed by atoms with Gasteiger partial charge in [-0.3, -0.25) is 9.59 Å². The van der Waals surface area contributed by atoms with Gasteiger partial charge in [-0.1, -0.05) is 6.07 Å². The molecule has 2 N–H and O–H groups in total. The standard InChI is InChI=1S/C18H15FN2O4/c1-11(22)20-15-9-13(4-5-14(15)19)21-18(23)7-3-12-2-6-16-17(8-12)25-10-24-16/h2-9H,10H2,1H3,(H,20,22)(H,21,23). The van der Waals surface area contributed by atoms with Gasteiger partial charge in [0, 0.05) is 18.7 Å². The molecule has 0 aromatic heterocycles. The summed E-state index contributed by atoms with van der Waals surface area (Å²) in [7, 11) is 0. The number of carbonyl (C=O) groups is 2. The van der Waals surface area contributed by atoms with Crippen LogP contribution in [-0.4, -0.2) is 18.6 Å². The van der Waals surface area contributed by atoms with Crippen LogP contribution in [0.3, 0.4) is 0 Å². The third kappa shape index (κ3) is 4.14. The average Bonchev–Trinajstić information content (AvgIpc) is 3.03. The maximum absolute atomic E-state index is 13.6. The first kappa shape index (κ1) is 16.5. The summed E-state index contributed by atoms with van der Waals surface area (Å²) in [6, 6.07) is 9.25. The summed E-state index contributed by atoms with van der Waals surface area (Å²) < 4.78 is 24.1. The fourth-order valence-corrected chi connectivity index (χ4v) is 2.26. The van der Waals surface area contributed by atoms with E-state index in [4.69, 9.17) is 9.47 Å². The second kappa shape index (κ2) is 7.04. The van der Waals surface area contributed by atoms with Gasteiger partial charge >= 0.3 is 0 Å². The van der Waals surface area contributed by atoms with E-state index in [1.807, 2.05) is 0 Å². The van der Waals surface area contributed by atoms with E-state index >= 15 is 0 Å². The van der Waals surface area contributed by atoms with E-state index in [2.05, 4.69) is 10.6 Å². The van der Waals surface area contributed by atoms with E-state index < -0.39 is 17.6 Å². The Morgan fingerprint density at radius 2 is 1.88 bits per heavy atom. The summed E-state index contributed by atoms with van der Waals surface area (Å²) in [6.45, 7) is 1.46. The van der Waals surface area contributed by atoms with Gasteiger partial charge in [0.15, 0.2) is 11.5 Å². The number of ether oxygens (including phenoxy) is 2. The lowest BCUT2D eigenvalue weighted by Crippen LogP contribution is -2.10. The number of amides is 2. The maximum Gasteiger partial charge on any atom is 0.248 e. The minimum atomic E-state index is -0.580. The highest BCUT2D eigenvalue weighted by molar-refractivity contribution is 6.02. The fraction of sp³-hybridized carbons (Fsp3) is 0.111. The average molecular weight is 342 g/mol. The number of rotatable bonds is 4. The number of fused-ring (bicyclic) bond motifs is 1. The van der Waals surface area contributed by atoms with E-state index in [0.29, 0.717) is 17.2 Å². The molecule has 0 saturated heterocycles. The van der Waals surface area contributed by atoms with Crippen molar-refractivity contribution in [2.45, 2.75) is 6.92 Å². The zero-order valence-corrected chi connectivity index (χ0v) is 13.3. The first-order valence-electron chi connectivity index (χ1n) is 7.47. The summed E-state index contributed by atoms with van der Waals surface area (Å²) in [5.74, 6) is -0.0771. The van der Waals surface area contributed by atoms with E-state index in [0.717, 1.165) is 5.56 Å². The SMILES string of the molecule is CC(=O)Nc1cc(NC(=O)C=Cc2ccc3c(c2)OCO3)ccc1F. The summed E-state index contributed by atoms with van der Waals surface area (Å²) in [4.78, 5) is 23.0. The number of hydrogen-bond acceptors (Lipinski definition) is 4. The van der Waals surface area contributed by atoms with Crippen LogP contribution < -0.4 is 20.1 Å². The van der Waals surface area contributed by atoms with Crippen molar-refractivity contribution in [3.8, 4) is 11.5 Å². The third-order valence-electron chi connectivity index (χ3n) is 3.37. The van der Waals surface area contributed by atoms with Crippen LogP contribution in [-0.2, 0) is 9.59 Å². The molecule has 1 heterocycles. The molecule has 7 heteroatoms. The molecule has 0 radical (unpaired) electrons. The fourth-order valence-electron chi connectivity index (χ4n) is 2.26. The summed E-state index contributed by atoms with van der Waals surface area (Å²) >= 11 is 0. The lowest BCUT2D eigenvalue weighted by molar-refractivity contribution is -0.114. The van der Waals surface area contributed by atoms with Crippen LogP contribution in [0.5, 0.6) is 11.5 Å². The molecule has 2 aromatic rings. The highest BCUT2D eigenvalue weighted by Gasteiger charge is 2.12. The molecule has 0 fully saturated rings. The molecule has 0 atom stereocenters. The molecule has 1 aliphatic heterocycles. The topological polar surface area (TPSA) is 76.7 Å². The Balaban J connectivity index is 1.67. The number of anilines is 2. The molecule has 25 heavy (non-hydrogen) atoms. The van der Waals surface area contributed by atoms with Crippen LogP contribution in [0.25, 0.3) is 6.08 Å². The Bertz CT molecular complexity index is 864. The smallest absolute Gasteiger partial charge is 0.248 e. The van der Waals surface area contributed by atoms with E-state index in [9.17, 15) is 14.0 Å². The van der Waals surface area contributed by atoms with Crippen molar-refractivity contribution in [1.82, 2.24) is 0 Å². The van der Waals surface area contributed by atoms with Crippen molar-refractivity contribution < 1.29 is 23.5 Å². The lowest BCUT2D eigenvalue weighted by atomic mass is 10.2. The van der Waals surface area contributed by atoms with E-state index in [1.165, 1.54) is 31.2 Å². The second-order valence-corrected chi connectivity index (χ2v) is 5.31. The molecule has 0 spiro atoms. The molecule has 0 saturated carbocycles. The van der Waals surface area contributed by atoms with Crippen molar-refractivity contribution in [3.05, 3.63) is 53.9 Å². The molecule has 2 amide bonds. The Hall–Kier alpha value is -3.35. The van der Waals surface area contributed by atoms with Gasteiger partial charge in [0.05, 0.1) is 5.69 Å². The van der Waals surface area contributed by atoms with E-state index in [-0.39, 0.29) is 12.5 Å². The number of halogens is 1. The van der Waals surface area contributed by atoms with Gasteiger partial charge in [-0.15, -0.1) is 0 Å². The lowest BCUT2D eigenvalue weighted by Gasteiger charge is -2.07. The number of benzene rings is 2. The van der Waals surface area contributed by atoms with Crippen molar-refractivity contribution in [1.29, 1.82) is 0 Å². The van der Waals surface area contributed by atoms with Gasteiger partial charge in [-0.2, -0.15) is 0 Å². The molecule has 3 rings (SSSR count). The van der Waals surface area contributed by atoms with Crippen molar-refractivity contribution in [3.63, 3.8) is 0 Å². The summed E-state index contributed by atoms with van der Waals surface area (Å²) in [6.07, 6.45) is 2.97. The van der Waals surface area contributed by atoms with Crippen LogP contribution in [0.4, 0.5) is 15.8 Å². The summed E-state index contributed by atoms with van der Waals surface area (Å²) in [5, 5.41) is 4.97. The zero-order valence-electron chi connectivity index (χ0n) is 13.3. The molecule has 1 aliphatic rings. The van der Waals surface area contributed by atoms with Gasteiger partial charge in [0.25, 0.3) is 0 Å². The molecule has 0 unspecified atom stereocenters.